The number of ketones is 2. The van der Waals surface area contributed by atoms with E-state index in [2.05, 4.69) is 33.5 Å². The molecule has 21 heteroatoms. The largest absolute Gasteiger partial charge is 0.489 e. The molecule has 6 amide bonds. The fourth-order valence-corrected chi connectivity index (χ4v) is 13.7. The summed E-state index contributed by atoms with van der Waals surface area (Å²) in [7, 11) is 0. The van der Waals surface area contributed by atoms with E-state index in [1.165, 1.54) is 70.1 Å². The van der Waals surface area contributed by atoms with Crippen LogP contribution in [0.3, 0.4) is 0 Å². The summed E-state index contributed by atoms with van der Waals surface area (Å²) in [6.07, 6.45) is 15.8. The Balaban J connectivity index is 1.09. The van der Waals surface area contributed by atoms with E-state index in [-0.39, 0.29) is 112 Å². The molecule has 1 fully saturated rings. The molecule has 7 N–H and O–H groups in total. The minimum absolute atomic E-state index is 0.0569. The molecule has 0 aromatic heterocycles. The predicted octanol–water partition coefficient (Wildman–Crippen LogP) is 13.1. The number of nitrogens with one attached hydrogen (secondary N) is 5. The molecule has 5 aromatic carbocycles. The summed E-state index contributed by atoms with van der Waals surface area (Å²) in [5.74, 6) is -4.25. The van der Waals surface area contributed by atoms with Gasteiger partial charge in [-0.3, -0.25) is 47.9 Å². The van der Waals surface area contributed by atoms with Crippen molar-refractivity contribution in [2.24, 2.45) is 22.7 Å². The lowest BCUT2D eigenvalue weighted by Gasteiger charge is -2.40. The number of likely N-dealkylation sites (tertiary alicyclic amines) is 1. The number of carboxylic acid groups (broad SMARTS) is 2. The second-order valence-electron chi connectivity index (χ2n) is 27.8. The summed E-state index contributed by atoms with van der Waals surface area (Å²) in [6, 6.07) is 36.7. The fraction of sp³-hybridized carbons (Fsp3) is 0.506. The van der Waals surface area contributed by atoms with E-state index in [0.29, 0.717) is 83.9 Å². The molecule has 20 nitrogen and oxygen atoms in total. The van der Waals surface area contributed by atoms with Gasteiger partial charge in [-0.1, -0.05) is 221 Å². The fourth-order valence-electron chi connectivity index (χ4n) is 12.8. The Morgan fingerprint density at radius 2 is 1.04 bits per heavy atom. The maximum absolute atomic E-state index is 14.8. The van der Waals surface area contributed by atoms with Crippen molar-refractivity contribution >= 4 is 70.7 Å². The summed E-state index contributed by atoms with van der Waals surface area (Å²) in [4.78, 5) is 134. The van der Waals surface area contributed by atoms with Crippen LogP contribution >= 0.6 is 11.8 Å². The van der Waals surface area contributed by atoms with Crippen LogP contribution < -0.4 is 36.1 Å². The second-order valence-corrected chi connectivity index (χ2v) is 29.0. The predicted molar refractivity (Wildman–Crippen MR) is 397 cm³/mol. The van der Waals surface area contributed by atoms with Gasteiger partial charge in [-0.15, -0.1) is 0 Å². The highest BCUT2D eigenvalue weighted by molar-refractivity contribution is 7.99. The van der Waals surface area contributed by atoms with Gasteiger partial charge in [0, 0.05) is 120 Å². The van der Waals surface area contributed by atoms with Crippen LogP contribution in [0.1, 0.15) is 223 Å². The topological polar surface area (TPSA) is 293 Å². The zero-order valence-electron chi connectivity index (χ0n) is 60.4. The van der Waals surface area contributed by atoms with E-state index in [1.54, 1.807) is 92.4 Å². The zero-order valence-corrected chi connectivity index (χ0v) is 61.2. The number of hydrogen-bond acceptors (Lipinski definition) is 13. The van der Waals surface area contributed by atoms with Crippen molar-refractivity contribution in [2.75, 3.05) is 50.8 Å². The van der Waals surface area contributed by atoms with E-state index < -0.39 is 52.5 Å². The number of nitrogens with zero attached hydrogens (tertiary/aromatic N) is 1. The van der Waals surface area contributed by atoms with Crippen LogP contribution in [0.15, 0.2) is 127 Å². The number of thioether (sulfide) groups is 1. The molecular formula is C81H108N6O14S. The number of ether oxygens (including phenoxy) is 2. The number of unbranched alkanes of at least 4 members (excludes halogenated alkanes) is 11. The molecule has 1 aliphatic heterocycles. The summed E-state index contributed by atoms with van der Waals surface area (Å²) in [5.41, 5.74) is 1.65. The van der Waals surface area contributed by atoms with Crippen molar-refractivity contribution in [3.8, 4) is 11.5 Å². The molecule has 0 bridgehead atoms. The normalized spacial score (nSPS) is 13.6. The van der Waals surface area contributed by atoms with Crippen molar-refractivity contribution in [3.05, 3.63) is 166 Å². The van der Waals surface area contributed by atoms with E-state index in [9.17, 15) is 53.1 Å². The highest BCUT2D eigenvalue weighted by Crippen LogP contribution is 2.40. The number of amides is 6. The van der Waals surface area contributed by atoms with Crippen LogP contribution in [0.2, 0.25) is 0 Å². The van der Waals surface area contributed by atoms with Crippen molar-refractivity contribution in [1.29, 1.82) is 0 Å². The number of rotatable bonds is 50. The summed E-state index contributed by atoms with van der Waals surface area (Å²) in [5, 5.41) is 33.7. The van der Waals surface area contributed by atoms with Crippen molar-refractivity contribution in [2.45, 2.75) is 189 Å². The molecule has 0 aliphatic carbocycles. The third-order valence-electron chi connectivity index (χ3n) is 18.5. The van der Waals surface area contributed by atoms with Gasteiger partial charge in [0.15, 0.2) is 11.6 Å². The maximum Gasteiger partial charge on any atom is 0.307 e. The Kier molecular flexibility index (Phi) is 35.3. The van der Waals surface area contributed by atoms with Gasteiger partial charge in [0.25, 0.3) is 5.91 Å². The summed E-state index contributed by atoms with van der Waals surface area (Å²) < 4.78 is 12.6. The number of carbonyl (C=O) groups is 10. The Bertz CT molecular complexity index is 3380. The van der Waals surface area contributed by atoms with Crippen LogP contribution in [-0.2, 0) is 46.8 Å². The number of aliphatic carboxylic acids is 2. The smallest absolute Gasteiger partial charge is 0.307 e. The van der Waals surface area contributed by atoms with Crippen LogP contribution in [0, 0.1) is 22.7 Å². The van der Waals surface area contributed by atoms with E-state index in [4.69, 9.17) is 14.6 Å². The molecule has 0 radical (unpaired) electrons. The minimum Gasteiger partial charge on any atom is -0.489 e. The molecule has 5 aromatic rings. The van der Waals surface area contributed by atoms with Gasteiger partial charge in [-0.2, -0.15) is 11.8 Å². The first-order valence-corrected chi connectivity index (χ1v) is 37.7. The maximum atomic E-state index is 14.8. The first-order chi connectivity index (χ1) is 49.0. The molecule has 0 saturated carbocycles. The summed E-state index contributed by atoms with van der Waals surface area (Å²) >= 11 is 1.50. The van der Waals surface area contributed by atoms with E-state index >= 15 is 0 Å². The molecule has 1 heterocycles. The second kappa shape index (κ2) is 43.8. The Morgan fingerprint density at radius 3 is 1.54 bits per heavy atom. The van der Waals surface area contributed by atoms with Gasteiger partial charge in [0.1, 0.15) is 24.7 Å². The van der Waals surface area contributed by atoms with Gasteiger partial charge < -0.3 is 51.2 Å². The molecule has 6 rings (SSSR count). The van der Waals surface area contributed by atoms with Gasteiger partial charge in [0.2, 0.25) is 29.5 Å². The van der Waals surface area contributed by atoms with Crippen molar-refractivity contribution < 1.29 is 67.6 Å². The minimum atomic E-state index is -1.24. The van der Waals surface area contributed by atoms with Gasteiger partial charge in [-0.25, -0.2) is 0 Å². The summed E-state index contributed by atoms with van der Waals surface area (Å²) in [6.45, 7) is 10.7. The number of carboxylic acids is 2. The first-order valence-electron chi connectivity index (χ1n) is 36.5. The first kappa shape index (κ1) is 82.1. The van der Waals surface area contributed by atoms with Crippen LogP contribution in [0.25, 0.3) is 0 Å². The van der Waals surface area contributed by atoms with Gasteiger partial charge in [0.05, 0.1) is 12.3 Å². The van der Waals surface area contributed by atoms with Gasteiger partial charge >= 0.3 is 11.9 Å². The number of carbonyl (C=O) groups excluding carboxylic acids is 8. The Hall–Kier alpha value is -8.85. The Labute approximate surface area is 606 Å². The molecule has 1 aliphatic rings. The molecule has 102 heavy (non-hydrogen) atoms. The molecular weight excluding hydrogens is 1310 g/mol. The quantitative estimate of drug-likeness (QED) is 0.0141. The molecule has 4 atom stereocenters. The molecule has 4 unspecified atom stereocenters. The van der Waals surface area contributed by atoms with Crippen molar-refractivity contribution in [1.82, 2.24) is 31.5 Å². The van der Waals surface area contributed by atoms with Crippen LogP contribution in [-0.4, -0.2) is 131 Å². The average Bonchev–Trinajstić information content (AvgIpc) is 1.17. The monoisotopic (exact) mass is 1420 g/mol. The van der Waals surface area contributed by atoms with Gasteiger partial charge in [-0.05, 0) is 61.8 Å². The average molecular weight is 1420 g/mol. The lowest BCUT2D eigenvalue weighted by molar-refractivity contribution is -0.144. The zero-order chi connectivity index (χ0) is 73.7. The third kappa shape index (κ3) is 28.9. The Morgan fingerprint density at radius 1 is 0.549 bits per heavy atom. The molecule has 0 spiro atoms. The molecule has 552 valence electrons. The van der Waals surface area contributed by atoms with Crippen LogP contribution in [0.4, 0.5) is 0 Å². The lowest BCUT2D eigenvalue weighted by atomic mass is 9.69. The standard InChI is InChI=1S/C81H108N6O14S/c1-6-7-8-9-10-11-12-13-14-15-16-19-31-65(77(96)97)51-70(88)82-41-25-44-86-79(99)81(5,57-80(3,4)78(98)85-43-26-42-83-75(94)58(2)48-72(90)91)53-67(87-46-24-32-71(87)89)56-102-47-45-84-76(95)66-49-68(100-54-59-33-37-63(38-34-59)73(92)61-27-20-17-21-28-61)52-69(50-66)101-55-60-35-39-64(40-36-60)74(93)62-29-22-18-23-30-62/h17-18,20-23,27-30,33-40,49-50,52,58,65,67H,6-16,19,24-26,31-32,41-48,51,53-57H2,1-5H3,(H,82,88)(H,83,94)(H,84,95)(H,85,98)(H,86,99)(H,90,91)(H,96,97). The van der Waals surface area contributed by atoms with E-state index in [1.807, 2.05) is 60.7 Å². The number of hydrogen-bond donors (Lipinski definition) is 7. The van der Waals surface area contributed by atoms with Crippen molar-refractivity contribution in [3.63, 3.8) is 0 Å². The highest BCUT2D eigenvalue weighted by atomic mass is 32.2. The van der Waals surface area contributed by atoms with E-state index in [0.717, 1.165) is 36.8 Å². The number of benzene rings is 5. The highest BCUT2D eigenvalue weighted by Gasteiger charge is 2.45. The van der Waals surface area contributed by atoms with Crippen LogP contribution in [0.5, 0.6) is 11.5 Å². The molecule has 1 saturated heterocycles. The third-order valence-corrected chi connectivity index (χ3v) is 19.7. The lowest BCUT2D eigenvalue weighted by Crippen LogP contribution is -2.50. The SMILES string of the molecule is CCCCCCCCCCCCCCC(CC(=O)NCCCNC(=O)C(C)(CC(CSCCNC(=O)c1cc(OCc2ccc(C(=O)c3ccccc3)cc2)cc(OCc2ccc(C(=O)c3ccccc3)cc2)c1)N1CCCC1=O)CC(C)(C)C(=O)NCCCNC(=O)C(C)CC(=O)O)C(=O)O.